The molecule has 2 rings (SSSR count). The van der Waals surface area contributed by atoms with E-state index in [0.29, 0.717) is 0 Å². The van der Waals surface area contributed by atoms with Crippen LogP contribution in [0.25, 0.3) is 0 Å². The van der Waals surface area contributed by atoms with Crippen molar-refractivity contribution < 1.29 is 27.1 Å². The Morgan fingerprint density at radius 3 is 2.38 bits per heavy atom. The first-order chi connectivity index (χ1) is 9.78. The van der Waals surface area contributed by atoms with Crippen LogP contribution in [0.15, 0.2) is 46.9 Å². The highest BCUT2D eigenvalue weighted by atomic mass is 79.9. The van der Waals surface area contributed by atoms with Crippen LogP contribution < -0.4 is 4.74 Å². The van der Waals surface area contributed by atoms with Crippen molar-refractivity contribution in [3.05, 3.63) is 63.9 Å². The number of rotatable bonds is 3. The van der Waals surface area contributed by atoms with Crippen molar-refractivity contribution in [2.24, 2.45) is 0 Å². The van der Waals surface area contributed by atoms with Crippen molar-refractivity contribution in [3.8, 4) is 5.75 Å². The predicted octanol–water partition coefficient (Wildman–Crippen LogP) is 4.72. The van der Waals surface area contributed by atoms with E-state index < -0.39 is 23.7 Å². The van der Waals surface area contributed by atoms with Gasteiger partial charge >= 0.3 is 6.36 Å². The molecule has 0 N–H and O–H groups in total. The largest absolute Gasteiger partial charge is 0.573 e. The van der Waals surface area contributed by atoms with Gasteiger partial charge in [0.15, 0.2) is 5.78 Å². The topological polar surface area (TPSA) is 26.3 Å². The normalized spacial score (nSPS) is 11.3. The summed E-state index contributed by atoms with van der Waals surface area (Å²) in [5, 5.41) is 0. The third kappa shape index (κ3) is 3.81. The molecule has 0 bridgehead atoms. The number of halogens is 5. The monoisotopic (exact) mass is 362 g/mol. The Morgan fingerprint density at radius 2 is 1.76 bits per heavy atom. The number of benzene rings is 2. The van der Waals surface area contributed by atoms with Crippen molar-refractivity contribution in [2.45, 2.75) is 6.36 Å². The number of carbonyl (C=O) groups excluding carboxylic acids is 1. The van der Waals surface area contributed by atoms with Crippen molar-refractivity contribution in [1.29, 1.82) is 0 Å². The summed E-state index contributed by atoms with van der Waals surface area (Å²) < 4.78 is 54.3. The average Bonchev–Trinajstić information content (AvgIpc) is 2.40. The number of para-hydroxylation sites is 1. The molecule has 0 spiro atoms. The van der Waals surface area contributed by atoms with Gasteiger partial charge in [-0.15, -0.1) is 13.2 Å². The molecular formula is C14H7BrF4O2. The molecule has 2 aromatic rings. The second-order valence-electron chi connectivity index (χ2n) is 4.00. The molecule has 7 heteroatoms. The van der Waals surface area contributed by atoms with Gasteiger partial charge in [-0.2, -0.15) is 0 Å². The van der Waals surface area contributed by atoms with Crippen LogP contribution >= 0.6 is 15.9 Å². The lowest BCUT2D eigenvalue weighted by Gasteiger charge is -2.12. The molecule has 110 valence electrons. The smallest absolute Gasteiger partial charge is 0.405 e. The summed E-state index contributed by atoms with van der Waals surface area (Å²) >= 11 is 2.93. The second-order valence-corrected chi connectivity index (χ2v) is 4.86. The third-order valence-corrected chi connectivity index (χ3v) is 3.18. The standard InChI is InChI=1S/C14H7BrF4O2/c15-10-6-5-8(7-11(10)16)13(20)9-3-1-2-4-12(9)21-14(17,18)19/h1-7H. The molecule has 0 saturated carbocycles. The van der Waals surface area contributed by atoms with Crippen LogP contribution in [0.3, 0.4) is 0 Å². The second kappa shape index (κ2) is 5.85. The minimum atomic E-state index is -4.92. The van der Waals surface area contributed by atoms with E-state index in [2.05, 4.69) is 20.7 Å². The van der Waals surface area contributed by atoms with E-state index in [0.717, 1.165) is 12.1 Å². The average molecular weight is 363 g/mol. The van der Waals surface area contributed by atoms with Crippen LogP contribution in [0.2, 0.25) is 0 Å². The molecule has 0 fully saturated rings. The first-order valence-electron chi connectivity index (χ1n) is 5.62. The van der Waals surface area contributed by atoms with E-state index in [9.17, 15) is 22.4 Å². The fraction of sp³-hybridized carbons (Fsp3) is 0.0714. The molecule has 0 unspecified atom stereocenters. The van der Waals surface area contributed by atoms with Gasteiger partial charge in [0.2, 0.25) is 0 Å². The van der Waals surface area contributed by atoms with Gasteiger partial charge in [-0.05, 0) is 46.3 Å². The van der Waals surface area contributed by atoms with Crippen LogP contribution in [0.4, 0.5) is 17.6 Å². The number of ketones is 1. The van der Waals surface area contributed by atoms with Gasteiger partial charge in [-0.25, -0.2) is 4.39 Å². The third-order valence-electron chi connectivity index (χ3n) is 2.54. The lowest BCUT2D eigenvalue weighted by Crippen LogP contribution is -2.19. The molecular weight excluding hydrogens is 356 g/mol. The molecule has 0 atom stereocenters. The minimum Gasteiger partial charge on any atom is -0.405 e. The van der Waals surface area contributed by atoms with E-state index in [4.69, 9.17) is 0 Å². The van der Waals surface area contributed by atoms with Gasteiger partial charge in [-0.3, -0.25) is 4.79 Å². The molecule has 0 aliphatic carbocycles. The maximum Gasteiger partial charge on any atom is 0.573 e. The molecule has 0 aromatic heterocycles. The lowest BCUT2D eigenvalue weighted by atomic mass is 10.0. The van der Waals surface area contributed by atoms with Crippen LogP contribution in [0.5, 0.6) is 5.75 Å². The Balaban J connectivity index is 2.41. The van der Waals surface area contributed by atoms with Crippen molar-refractivity contribution in [2.75, 3.05) is 0 Å². The summed E-state index contributed by atoms with van der Waals surface area (Å²) in [4.78, 5) is 12.2. The number of alkyl halides is 3. The Bertz CT molecular complexity index is 683. The number of hydrogen-bond donors (Lipinski definition) is 0. The maximum atomic E-state index is 13.4. The van der Waals surface area contributed by atoms with Gasteiger partial charge in [-0.1, -0.05) is 12.1 Å². The molecule has 0 radical (unpaired) electrons. The van der Waals surface area contributed by atoms with Crippen LogP contribution in [0.1, 0.15) is 15.9 Å². The molecule has 0 saturated heterocycles. The highest BCUT2D eigenvalue weighted by molar-refractivity contribution is 9.10. The zero-order valence-electron chi connectivity index (χ0n) is 10.2. The van der Waals surface area contributed by atoms with E-state index in [1.807, 2.05) is 0 Å². The van der Waals surface area contributed by atoms with Crippen molar-refractivity contribution >= 4 is 21.7 Å². The maximum absolute atomic E-state index is 13.4. The van der Waals surface area contributed by atoms with Crippen LogP contribution in [0, 0.1) is 5.82 Å². The Morgan fingerprint density at radius 1 is 1.10 bits per heavy atom. The zero-order valence-corrected chi connectivity index (χ0v) is 11.8. The quantitative estimate of drug-likeness (QED) is 0.583. The van der Waals surface area contributed by atoms with Gasteiger partial charge in [0.25, 0.3) is 0 Å². The molecule has 2 aromatic carbocycles. The molecule has 21 heavy (non-hydrogen) atoms. The fourth-order valence-electron chi connectivity index (χ4n) is 1.66. The van der Waals surface area contributed by atoms with Gasteiger partial charge in [0.1, 0.15) is 11.6 Å². The van der Waals surface area contributed by atoms with Gasteiger partial charge in [0, 0.05) is 5.56 Å². The van der Waals surface area contributed by atoms with Crippen LogP contribution in [-0.2, 0) is 0 Å². The molecule has 0 aliphatic rings. The molecule has 0 amide bonds. The summed E-state index contributed by atoms with van der Waals surface area (Å²) in [5.41, 5.74) is -0.370. The van der Waals surface area contributed by atoms with E-state index in [-0.39, 0.29) is 15.6 Å². The van der Waals surface area contributed by atoms with E-state index in [1.54, 1.807) is 0 Å². The fourth-order valence-corrected chi connectivity index (χ4v) is 1.91. The first-order valence-corrected chi connectivity index (χ1v) is 6.42. The lowest BCUT2D eigenvalue weighted by molar-refractivity contribution is -0.274. The highest BCUT2D eigenvalue weighted by Crippen LogP contribution is 2.28. The van der Waals surface area contributed by atoms with Crippen LogP contribution in [-0.4, -0.2) is 12.1 Å². The summed E-state index contributed by atoms with van der Waals surface area (Å²) in [5.74, 6) is -2.07. The number of ether oxygens (including phenoxy) is 1. The zero-order chi connectivity index (χ0) is 15.6. The first kappa shape index (κ1) is 15.5. The van der Waals surface area contributed by atoms with E-state index >= 15 is 0 Å². The summed E-state index contributed by atoms with van der Waals surface area (Å²) in [6.45, 7) is 0. The summed E-state index contributed by atoms with van der Waals surface area (Å²) in [6.07, 6.45) is -4.92. The number of carbonyl (C=O) groups is 1. The van der Waals surface area contributed by atoms with Crippen molar-refractivity contribution in [1.82, 2.24) is 0 Å². The minimum absolute atomic E-state index is 0.0751. The molecule has 0 aliphatic heterocycles. The van der Waals surface area contributed by atoms with Gasteiger partial charge < -0.3 is 4.74 Å². The van der Waals surface area contributed by atoms with E-state index in [1.165, 1.54) is 30.3 Å². The summed E-state index contributed by atoms with van der Waals surface area (Å²) in [6, 6.07) is 8.46. The Kier molecular flexibility index (Phi) is 4.32. The summed E-state index contributed by atoms with van der Waals surface area (Å²) in [7, 11) is 0. The van der Waals surface area contributed by atoms with Crippen molar-refractivity contribution in [3.63, 3.8) is 0 Å². The Labute approximate surface area is 125 Å². The SMILES string of the molecule is O=C(c1ccc(Br)c(F)c1)c1ccccc1OC(F)(F)F. The van der Waals surface area contributed by atoms with Gasteiger partial charge in [0.05, 0.1) is 10.0 Å². The predicted molar refractivity (Wildman–Crippen MR) is 70.7 cm³/mol. The Hall–Kier alpha value is -1.89. The molecule has 2 nitrogen and oxygen atoms in total. The number of hydrogen-bond acceptors (Lipinski definition) is 2. The highest BCUT2D eigenvalue weighted by Gasteiger charge is 2.33. The molecule has 0 heterocycles.